The molecule has 2 aromatic rings. The van der Waals surface area contributed by atoms with E-state index in [9.17, 15) is 18.0 Å². The number of fused-ring (bicyclic) bond motifs is 1. The molecule has 0 bridgehead atoms. The number of benzene rings is 1. The molecule has 2 aliphatic heterocycles. The van der Waals surface area contributed by atoms with E-state index < -0.39 is 10.2 Å². The van der Waals surface area contributed by atoms with Crippen LogP contribution in [0.5, 0.6) is 0 Å². The number of nitrogens with zero attached hydrogens (tertiary/aromatic N) is 3. The maximum Gasteiger partial charge on any atom is 0.282 e. The van der Waals surface area contributed by atoms with E-state index >= 15 is 0 Å². The molecular weight excluding hydrogens is 392 g/mol. The Kier molecular flexibility index (Phi) is 5.71. The van der Waals surface area contributed by atoms with Crippen LogP contribution >= 0.6 is 0 Å². The summed E-state index contributed by atoms with van der Waals surface area (Å²) in [5.74, 6) is -0.278. The van der Waals surface area contributed by atoms with Gasteiger partial charge in [-0.05, 0) is 30.4 Å². The van der Waals surface area contributed by atoms with Crippen LogP contribution in [0.25, 0.3) is 10.8 Å². The average molecular weight is 419 g/mol. The van der Waals surface area contributed by atoms with Crippen molar-refractivity contribution in [1.82, 2.24) is 18.5 Å². The van der Waals surface area contributed by atoms with Gasteiger partial charge >= 0.3 is 0 Å². The van der Waals surface area contributed by atoms with Crippen molar-refractivity contribution in [1.29, 1.82) is 0 Å². The number of carbonyl (C=O) groups excluding carboxylic acids is 1. The minimum atomic E-state index is -3.49. The van der Waals surface area contributed by atoms with Crippen LogP contribution in [-0.2, 0) is 10.2 Å². The van der Waals surface area contributed by atoms with Gasteiger partial charge in [0.2, 0.25) is 0 Å². The molecule has 1 aromatic carbocycles. The van der Waals surface area contributed by atoms with Gasteiger partial charge in [0.1, 0.15) is 5.69 Å². The van der Waals surface area contributed by atoms with Crippen LogP contribution in [0.3, 0.4) is 0 Å². The lowest BCUT2D eigenvalue weighted by atomic mass is 10.1. The molecule has 3 heterocycles. The predicted octanol–water partition coefficient (Wildman–Crippen LogP) is 1.41. The fraction of sp³-hybridized carbons (Fsp3) is 0.500. The third kappa shape index (κ3) is 4.08. The van der Waals surface area contributed by atoms with Crippen molar-refractivity contribution < 1.29 is 13.2 Å². The molecule has 29 heavy (non-hydrogen) atoms. The second kappa shape index (κ2) is 8.25. The first-order chi connectivity index (χ1) is 14.0. The summed E-state index contributed by atoms with van der Waals surface area (Å²) in [5, 5.41) is 1.25. The summed E-state index contributed by atoms with van der Waals surface area (Å²) in [6, 6.07) is 8.80. The number of aromatic amines is 1. The van der Waals surface area contributed by atoms with Crippen molar-refractivity contribution in [2.75, 3.05) is 39.3 Å². The summed E-state index contributed by atoms with van der Waals surface area (Å²) in [5.41, 5.74) is -0.0636. The maximum absolute atomic E-state index is 12.9. The number of pyridine rings is 1. The van der Waals surface area contributed by atoms with E-state index in [0.29, 0.717) is 37.0 Å². The molecule has 156 valence electrons. The van der Waals surface area contributed by atoms with Crippen LogP contribution < -0.4 is 5.56 Å². The standard InChI is InChI=1S/C20H26N4O4S/c25-19-17-8-4-3-7-16(17)15-18(21-19)20(26)22-11-13-24(14-12-22)29(27,28)23-9-5-1-2-6-10-23/h3-4,7-8,15H,1-2,5-6,9-14H2,(H,21,25). The molecule has 2 fully saturated rings. The lowest BCUT2D eigenvalue weighted by Gasteiger charge is -2.36. The third-order valence-corrected chi connectivity index (χ3v) is 7.76. The number of H-pyrrole nitrogens is 1. The number of piperazine rings is 1. The minimum absolute atomic E-state index is 0.234. The first kappa shape index (κ1) is 20.1. The summed E-state index contributed by atoms with van der Waals surface area (Å²) in [6.07, 6.45) is 3.93. The highest BCUT2D eigenvalue weighted by Gasteiger charge is 2.34. The summed E-state index contributed by atoms with van der Waals surface area (Å²) in [7, 11) is -3.49. The van der Waals surface area contributed by atoms with Gasteiger partial charge in [-0.3, -0.25) is 9.59 Å². The normalized spacial score (nSPS) is 19.9. The molecule has 9 heteroatoms. The van der Waals surface area contributed by atoms with Crippen molar-refractivity contribution in [3.63, 3.8) is 0 Å². The van der Waals surface area contributed by atoms with Crippen LogP contribution in [0, 0.1) is 0 Å². The second-order valence-electron chi connectivity index (χ2n) is 7.61. The largest absolute Gasteiger partial charge is 0.335 e. The first-order valence-corrected chi connectivity index (χ1v) is 11.5. The van der Waals surface area contributed by atoms with Crippen molar-refractivity contribution in [2.45, 2.75) is 25.7 Å². The van der Waals surface area contributed by atoms with Crippen LogP contribution in [0.15, 0.2) is 35.1 Å². The Morgan fingerprint density at radius 3 is 2.17 bits per heavy atom. The lowest BCUT2D eigenvalue weighted by Crippen LogP contribution is -2.54. The van der Waals surface area contributed by atoms with E-state index in [-0.39, 0.29) is 30.2 Å². The van der Waals surface area contributed by atoms with E-state index in [4.69, 9.17) is 0 Å². The van der Waals surface area contributed by atoms with E-state index in [1.807, 2.05) is 6.07 Å². The zero-order valence-electron chi connectivity index (χ0n) is 16.3. The molecule has 2 saturated heterocycles. The van der Waals surface area contributed by atoms with Crippen molar-refractivity contribution in [3.8, 4) is 0 Å². The first-order valence-electron chi connectivity index (χ1n) is 10.1. The Morgan fingerprint density at radius 2 is 1.48 bits per heavy atom. The van der Waals surface area contributed by atoms with Crippen LogP contribution in [0.4, 0.5) is 0 Å². The minimum Gasteiger partial charge on any atom is -0.335 e. The highest BCUT2D eigenvalue weighted by molar-refractivity contribution is 7.86. The number of nitrogens with one attached hydrogen (secondary N) is 1. The lowest BCUT2D eigenvalue weighted by molar-refractivity contribution is 0.0688. The van der Waals surface area contributed by atoms with Gasteiger partial charge in [-0.2, -0.15) is 17.0 Å². The fourth-order valence-electron chi connectivity index (χ4n) is 4.05. The number of carbonyl (C=O) groups is 1. The summed E-state index contributed by atoms with van der Waals surface area (Å²) in [6.45, 7) is 2.28. The van der Waals surface area contributed by atoms with Gasteiger partial charge in [-0.15, -0.1) is 0 Å². The molecular formula is C20H26N4O4S. The van der Waals surface area contributed by atoms with E-state index in [1.165, 1.54) is 4.31 Å². The van der Waals surface area contributed by atoms with E-state index in [0.717, 1.165) is 25.7 Å². The van der Waals surface area contributed by atoms with Gasteiger partial charge in [0.25, 0.3) is 21.7 Å². The molecule has 0 unspecified atom stereocenters. The van der Waals surface area contributed by atoms with E-state index in [1.54, 1.807) is 33.5 Å². The molecule has 0 radical (unpaired) electrons. The molecule has 4 rings (SSSR count). The second-order valence-corrected chi connectivity index (χ2v) is 9.54. The van der Waals surface area contributed by atoms with Crippen LogP contribution in [-0.4, -0.2) is 72.1 Å². The zero-order valence-corrected chi connectivity index (χ0v) is 17.2. The van der Waals surface area contributed by atoms with Crippen molar-refractivity contribution in [3.05, 3.63) is 46.4 Å². The van der Waals surface area contributed by atoms with E-state index in [2.05, 4.69) is 4.98 Å². The zero-order chi connectivity index (χ0) is 20.4. The Balaban J connectivity index is 1.45. The van der Waals surface area contributed by atoms with Gasteiger partial charge in [0, 0.05) is 44.7 Å². The van der Waals surface area contributed by atoms with Crippen molar-refractivity contribution in [2.24, 2.45) is 0 Å². The Bertz CT molecular complexity index is 1050. The quantitative estimate of drug-likeness (QED) is 0.815. The maximum atomic E-state index is 12.9. The number of amides is 1. The molecule has 1 N–H and O–H groups in total. The Morgan fingerprint density at radius 1 is 0.862 bits per heavy atom. The Labute approximate surface area is 170 Å². The van der Waals surface area contributed by atoms with Crippen LogP contribution in [0.2, 0.25) is 0 Å². The number of hydrogen-bond donors (Lipinski definition) is 1. The summed E-state index contributed by atoms with van der Waals surface area (Å²) < 4.78 is 28.9. The van der Waals surface area contributed by atoms with Gasteiger partial charge in [0.05, 0.1) is 0 Å². The molecule has 1 amide bonds. The Hall–Kier alpha value is -2.23. The summed E-state index contributed by atoms with van der Waals surface area (Å²) >= 11 is 0. The molecule has 0 saturated carbocycles. The molecule has 1 aromatic heterocycles. The molecule has 0 atom stereocenters. The molecule has 0 spiro atoms. The van der Waals surface area contributed by atoms with Gasteiger partial charge in [0.15, 0.2) is 0 Å². The SMILES string of the molecule is O=C(c1cc2ccccc2c(=O)[nH]1)N1CCN(S(=O)(=O)N2CCCCCC2)CC1. The monoisotopic (exact) mass is 418 g/mol. The summed E-state index contributed by atoms with van der Waals surface area (Å²) in [4.78, 5) is 29.4. The van der Waals surface area contributed by atoms with Crippen LogP contribution in [0.1, 0.15) is 36.2 Å². The molecule has 0 aliphatic carbocycles. The third-order valence-electron chi connectivity index (χ3n) is 5.73. The average Bonchev–Trinajstić information content (AvgIpc) is 3.03. The van der Waals surface area contributed by atoms with Gasteiger partial charge in [-0.25, -0.2) is 0 Å². The molecule has 2 aliphatic rings. The number of hydrogen-bond acceptors (Lipinski definition) is 4. The number of aromatic nitrogens is 1. The number of rotatable bonds is 3. The topological polar surface area (TPSA) is 93.8 Å². The predicted molar refractivity (Wildman–Crippen MR) is 111 cm³/mol. The van der Waals surface area contributed by atoms with Gasteiger partial charge in [-0.1, -0.05) is 31.0 Å². The van der Waals surface area contributed by atoms with Gasteiger partial charge < -0.3 is 9.88 Å². The highest BCUT2D eigenvalue weighted by Crippen LogP contribution is 2.19. The fourth-order valence-corrected chi connectivity index (χ4v) is 5.73. The highest BCUT2D eigenvalue weighted by atomic mass is 32.2. The van der Waals surface area contributed by atoms with Crippen molar-refractivity contribution >= 4 is 26.9 Å². The smallest absolute Gasteiger partial charge is 0.282 e. The molecule has 8 nitrogen and oxygen atoms in total.